The Morgan fingerprint density at radius 3 is 1.76 bits per heavy atom. The van der Waals surface area contributed by atoms with Gasteiger partial charge in [0.2, 0.25) is 0 Å². The largest absolute Gasteiger partial charge is 1.00 e. The normalized spacial score (nSPS) is 15.2. The number of nitrogens with zero attached hydrogens (tertiary/aromatic N) is 1. The maximum absolute atomic E-state index is 13.3. The Balaban J connectivity index is 0.00000225. The molecule has 5 heteroatoms. The second kappa shape index (κ2) is 8.75. The van der Waals surface area contributed by atoms with Crippen molar-refractivity contribution in [1.29, 1.82) is 0 Å². The van der Waals surface area contributed by atoms with E-state index < -0.39 is 5.60 Å². The van der Waals surface area contributed by atoms with E-state index in [2.05, 4.69) is 4.90 Å². The first-order valence-electron chi connectivity index (χ1n) is 8.46. The van der Waals surface area contributed by atoms with Crippen molar-refractivity contribution in [3.8, 4) is 0 Å². The number of hydrogen-bond acceptors (Lipinski definition) is 2. The molecule has 1 aliphatic heterocycles. The summed E-state index contributed by atoms with van der Waals surface area (Å²) in [6.07, 6.45) is 2.49. The Labute approximate surface area is 154 Å². The molecule has 3 rings (SSSR count). The number of benzene rings is 2. The first-order chi connectivity index (χ1) is 11.6. The summed E-state index contributed by atoms with van der Waals surface area (Å²) in [7, 11) is 0. The summed E-state index contributed by atoms with van der Waals surface area (Å²) in [6.45, 7) is 5.64. The summed E-state index contributed by atoms with van der Waals surface area (Å²) >= 11 is 0. The van der Waals surface area contributed by atoms with Crippen LogP contribution in [0.4, 0.5) is 8.78 Å². The van der Waals surface area contributed by atoms with Crippen LogP contribution in [0.5, 0.6) is 0 Å². The molecule has 0 amide bonds. The summed E-state index contributed by atoms with van der Waals surface area (Å²) in [5.41, 5.74) is 0.982. The zero-order chi connectivity index (χ0) is 17.0. The third-order valence-corrected chi connectivity index (χ3v) is 4.79. The van der Waals surface area contributed by atoms with Gasteiger partial charge in [-0.1, -0.05) is 24.3 Å². The molecular weight excluding hydrogens is 344 g/mol. The van der Waals surface area contributed by atoms with E-state index in [9.17, 15) is 8.78 Å². The standard InChI is InChI=1S/C20H23F2NO.ClH/c1-20(16-4-8-18(21)9-5-16,17-6-10-19(22)11-7-17)24-15-14-23-12-2-3-13-23;/h4-11H,2-3,12-15H2,1H3;1H/p-1. The molecule has 0 bridgehead atoms. The lowest BCUT2D eigenvalue weighted by Crippen LogP contribution is -3.00. The molecule has 2 aromatic rings. The van der Waals surface area contributed by atoms with Crippen molar-refractivity contribution in [3.05, 3.63) is 71.3 Å². The second-order valence-corrected chi connectivity index (χ2v) is 6.44. The fourth-order valence-electron chi connectivity index (χ4n) is 3.25. The zero-order valence-electron chi connectivity index (χ0n) is 14.4. The average molecular weight is 367 g/mol. The molecule has 0 aromatic heterocycles. The number of likely N-dealkylation sites (tertiary alicyclic amines) is 1. The van der Waals surface area contributed by atoms with Crippen molar-refractivity contribution >= 4 is 0 Å². The summed E-state index contributed by atoms with van der Waals surface area (Å²) in [5, 5.41) is 0. The molecule has 25 heavy (non-hydrogen) atoms. The van der Waals surface area contributed by atoms with Gasteiger partial charge in [0.15, 0.2) is 0 Å². The van der Waals surface area contributed by atoms with Gasteiger partial charge in [-0.2, -0.15) is 0 Å². The molecule has 0 aliphatic carbocycles. The summed E-state index contributed by atoms with van der Waals surface area (Å²) in [6, 6.07) is 12.6. The highest BCUT2D eigenvalue weighted by Gasteiger charge is 2.30. The van der Waals surface area contributed by atoms with Crippen LogP contribution in [0.25, 0.3) is 0 Å². The monoisotopic (exact) mass is 366 g/mol. The first-order valence-corrected chi connectivity index (χ1v) is 8.46. The van der Waals surface area contributed by atoms with E-state index in [4.69, 9.17) is 4.74 Å². The number of rotatable bonds is 6. The maximum atomic E-state index is 13.3. The Morgan fingerprint density at radius 2 is 1.32 bits per heavy atom. The van der Waals surface area contributed by atoms with Gasteiger partial charge >= 0.3 is 0 Å². The molecule has 0 N–H and O–H groups in total. The summed E-state index contributed by atoms with van der Waals surface area (Å²) < 4.78 is 32.8. The molecule has 0 spiro atoms. The van der Waals surface area contributed by atoms with Crippen LogP contribution < -0.4 is 12.4 Å². The highest BCUT2D eigenvalue weighted by Crippen LogP contribution is 2.33. The predicted molar refractivity (Wildman–Crippen MR) is 90.9 cm³/mol. The molecule has 136 valence electrons. The average Bonchev–Trinajstić information content (AvgIpc) is 3.09. The predicted octanol–water partition coefficient (Wildman–Crippen LogP) is 1.34. The van der Waals surface area contributed by atoms with Crippen LogP contribution in [-0.4, -0.2) is 31.1 Å². The minimum Gasteiger partial charge on any atom is -1.00 e. The molecule has 2 nitrogen and oxygen atoms in total. The second-order valence-electron chi connectivity index (χ2n) is 6.44. The van der Waals surface area contributed by atoms with Crippen LogP contribution in [0.1, 0.15) is 30.9 Å². The van der Waals surface area contributed by atoms with E-state index in [1.54, 1.807) is 24.3 Å². The molecule has 1 fully saturated rings. The van der Waals surface area contributed by atoms with Crippen molar-refractivity contribution in [2.75, 3.05) is 26.2 Å². The van der Waals surface area contributed by atoms with Crippen LogP contribution in [0.3, 0.4) is 0 Å². The van der Waals surface area contributed by atoms with Crippen LogP contribution >= 0.6 is 0 Å². The van der Waals surface area contributed by atoms with Gasteiger partial charge in [0.1, 0.15) is 17.2 Å². The van der Waals surface area contributed by atoms with Gasteiger partial charge in [0.05, 0.1) is 6.61 Å². The van der Waals surface area contributed by atoms with Crippen LogP contribution in [0.2, 0.25) is 0 Å². The minimum absolute atomic E-state index is 0. The number of ether oxygens (including phenoxy) is 1. The van der Waals surface area contributed by atoms with Crippen molar-refractivity contribution < 1.29 is 25.9 Å². The van der Waals surface area contributed by atoms with Crippen molar-refractivity contribution in [2.24, 2.45) is 0 Å². The van der Waals surface area contributed by atoms with Crippen molar-refractivity contribution in [3.63, 3.8) is 0 Å². The Kier molecular flexibility index (Phi) is 6.94. The quantitative estimate of drug-likeness (QED) is 0.765. The molecular formula is C20H23ClF2NO-. The lowest BCUT2D eigenvalue weighted by atomic mass is 9.88. The highest BCUT2D eigenvalue weighted by molar-refractivity contribution is 5.35. The van der Waals surface area contributed by atoms with Gasteiger partial charge < -0.3 is 22.0 Å². The lowest BCUT2D eigenvalue weighted by Gasteiger charge is -2.32. The zero-order valence-corrected chi connectivity index (χ0v) is 15.1. The van der Waals surface area contributed by atoms with Crippen LogP contribution in [0, 0.1) is 11.6 Å². The smallest absolute Gasteiger partial charge is 0.123 e. The molecule has 0 saturated carbocycles. The van der Waals surface area contributed by atoms with Gasteiger partial charge in [-0.15, -0.1) is 0 Å². The molecule has 0 unspecified atom stereocenters. The van der Waals surface area contributed by atoms with Gasteiger partial charge in [0.25, 0.3) is 0 Å². The van der Waals surface area contributed by atoms with Gasteiger partial charge in [-0.25, -0.2) is 8.78 Å². The topological polar surface area (TPSA) is 12.5 Å². The molecule has 2 aromatic carbocycles. The fourth-order valence-corrected chi connectivity index (χ4v) is 3.25. The van der Waals surface area contributed by atoms with E-state index in [1.807, 2.05) is 6.92 Å². The van der Waals surface area contributed by atoms with E-state index >= 15 is 0 Å². The highest BCUT2D eigenvalue weighted by atomic mass is 35.5. The molecule has 1 heterocycles. The van der Waals surface area contributed by atoms with E-state index in [0.29, 0.717) is 6.61 Å². The van der Waals surface area contributed by atoms with E-state index in [-0.39, 0.29) is 24.0 Å². The number of halogens is 3. The third kappa shape index (κ3) is 4.78. The van der Waals surface area contributed by atoms with Crippen molar-refractivity contribution in [1.82, 2.24) is 4.90 Å². The van der Waals surface area contributed by atoms with Gasteiger partial charge in [0, 0.05) is 6.54 Å². The molecule has 0 atom stereocenters. The summed E-state index contributed by atoms with van der Waals surface area (Å²) in [4.78, 5) is 2.38. The van der Waals surface area contributed by atoms with Crippen LogP contribution in [-0.2, 0) is 10.3 Å². The Bertz CT molecular complexity index is 609. The van der Waals surface area contributed by atoms with E-state index in [1.165, 1.54) is 37.1 Å². The summed E-state index contributed by atoms with van der Waals surface area (Å²) in [5.74, 6) is -0.561. The van der Waals surface area contributed by atoms with Crippen molar-refractivity contribution in [2.45, 2.75) is 25.4 Å². The van der Waals surface area contributed by atoms with Gasteiger partial charge in [-0.05, 0) is 68.2 Å². The van der Waals surface area contributed by atoms with E-state index in [0.717, 1.165) is 30.8 Å². The first kappa shape index (κ1) is 19.8. The lowest BCUT2D eigenvalue weighted by molar-refractivity contribution is -0.0124. The minimum atomic E-state index is -0.735. The third-order valence-electron chi connectivity index (χ3n) is 4.79. The Morgan fingerprint density at radius 1 is 0.880 bits per heavy atom. The molecule has 1 saturated heterocycles. The SMILES string of the molecule is CC(OCCN1CCCC1)(c1ccc(F)cc1)c1ccc(F)cc1.[Cl-]. The molecule has 1 aliphatic rings. The maximum Gasteiger partial charge on any atom is 0.123 e. The fraction of sp³-hybridized carbons (Fsp3) is 0.400. The Hall–Kier alpha value is -1.49. The molecule has 0 radical (unpaired) electrons. The van der Waals surface area contributed by atoms with Gasteiger partial charge in [-0.3, -0.25) is 0 Å². The number of hydrogen-bond donors (Lipinski definition) is 0. The van der Waals surface area contributed by atoms with Crippen LogP contribution in [0.15, 0.2) is 48.5 Å².